The summed E-state index contributed by atoms with van der Waals surface area (Å²) >= 11 is 6.46. The molecule has 2 aromatic heterocycles. The second-order valence-corrected chi connectivity index (χ2v) is 10.4. The number of thiophene rings is 1. The van der Waals surface area contributed by atoms with Crippen molar-refractivity contribution in [1.82, 2.24) is 10.3 Å². The van der Waals surface area contributed by atoms with Crippen LogP contribution in [0.2, 0.25) is 0 Å². The van der Waals surface area contributed by atoms with Crippen LogP contribution in [0.5, 0.6) is 11.5 Å². The molecule has 2 N–H and O–H groups in total. The summed E-state index contributed by atoms with van der Waals surface area (Å²) in [7, 11) is -1.59. The van der Waals surface area contributed by atoms with E-state index < -0.39 is 15.7 Å². The molecule has 0 atom stereocenters. The summed E-state index contributed by atoms with van der Waals surface area (Å²) in [6, 6.07) is 14.7. The molecule has 164 valence electrons. The van der Waals surface area contributed by atoms with Gasteiger partial charge in [-0.1, -0.05) is 12.1 Å². The second kappa shape index (κ2) is 8.81. The molecule has 0 bridgehead atoms. The normalized spacial score (nSPS) is 11.3. The molecule has 0 saturated carbocycles. The minimum Gasteiger partial charge on any atom is -0.453 e. The van der Waals surface area contributed by atoms with Crippen LogP contribution in [0.25, 0.3) is 20.7 Å². The number of sulfone groups is 1. The van der Waals surface area contributed by atoms with Crippen LogP contribution >= 0.6 is 23.6 Å². The average Bonchev–Trinajstić information content (AvgIpc) is 3.20. The fourth-order valence-corrected chi connectivity index (χ4v) is 4.80. The molecular weight excluding hydrogens is 469 g/mol. The van der Waals surface area contributed by atoms with E-state index in [0.29, 0.717) is 22.1 Å². The quantitative estimate of drug-likeness (QED) is 0.374. The van der Waals surface area contributed by atoms with Gasteiger partial charge in [-0.15, -0.1) is 11.3 Å². The Hall–Kier alpha value is -3.08. The Balaban J connectivity index is 1.64. The van der Waals surface area contributed by atoms with Crippen molar-refractivity contribution >= 4 is 54.4 Å². The maximum atomic E-state index is 14.6. The molecule has 0 saturated heterocycles. The second-order valence-electron chi connectivity index (χ2n) is 6.88. The number of nitrogens with one attached hydrogen (secondary N) is 2. The molecule has 0 fully saturated rings. The molecule has 0 amide bonds. The van der Waals surface area contributed by atoms with Gasteiger partial charge in [-0.05, 0) is 48.1 Å². The topological polar surface area (TPSA) is 80.3 Å². The molecule has 0 spiro atoms. The molecular formula is C22H18FN3O3S3. The summed E-state index contributed by atoms with van der Waals surface area (Å²) in [4.78, 5) is 5.53. The van der Waals surface area contributed by atoms with Gasteiger partial charge in [-0.3, -0.25) is 4.98 Å². The molecule has 6 nitrogen and oxygen atoms in total. The van der Waals surface area contributed by atoms with Crippen LogP contribution in [0.3, 0.4) is 0 Å². The Morgan fingerprint density at radius 1 is 1.09 bits per heavy atom. The average molecular weight is 488 g/mol. The number of pyridine rings is 1. The van der Waals surface area contributed by atoms with E-state index >= 15 is 0 Å². The van der Waals surface area contributed by atoms with Crippen LogP contribution in [-0.4, -0.2) is 31.8 Å². The highest BCUT2D eigenvalue weighted by atomic mass is 32.2. The van der Waals surface area contributed by atoms with Crippen LogP contribution in [0, 0.1) is 5.82 Å². The Morgan fingerprint density at radius 2 is 1.84 bits per heavy atom. The lowest BCUT2D eigenvalue weighted by Gasteiger charge is -2.10. The number of benzene rings is 2. The van der Waals surface area contributed by atoms with Gasteiger partial charge in [0, 0.05) is 42.2 Å². The first-order valence-electron chi connectivity index (χ1n) is 9.40. The minimum absolute atomic E-state index is 0.0749. The van der Waals surface area contributed by atoms with Crippen molar-refractivity contribution in [3.63, 3.8) is 0 Å². The summed E-state index contributed by atoms with van der Waals surface area (Å²) < 4.78 is 44.6. The molecule has 0 unspecified atom stereocenters. The minimum atomic E-state index is -3.26. The summed E-state index contributed by atoms with van der Waals surface area (Å²) in [6.45, 7) is 0. The molecule has 2 heterocycles. The molecule has 4 rings (SSSR count). The highest BCUT2D eigenvalue weighted by Crippen LogP contribution is 2.39. The number of rotatable bonds is 5. The summed E-state index contributed by atoms with van der Waals surface area (Å²) in [5.74, 6) is 0.0160. The Bertz CT molecular complexity index is 1420. The first-order valence-corrected chi connectivity index (χ1v) is 12.5. The van der Waals surface area contributed by atoms with Crippen molar-refractivity contribution in [3.05, 3.63) is 66.6 Å². The SMILES string of the molecule is CNC(=S)Nc1ccc(Oc2ccnc3cc(-c4ccc(S(C)(=O)=O)cc4)sc23)c(F)c1. The van der Waals surface area contributed by atoms with Gasteiger partial charge in [-0.25, -0.2) is 12.8 Å². The zero-order chi connectivity index (χ0) is 22.9. The zero-order valence-corrected chi connectivity index (χ0v) is 19.5. The standard InChI is InChI=1S/C22H18FN3O3S3/c1-24-22(30)26-14-5-8-18(16(23)11-14)29-19-9-10-25-17-12-20(31-21(17)19)13-3-6-15(7-4-13)32(2,27)28/h3-12H,1-2H3,(H2,24,26,30). The number of fused-ring (bicyclic) bond motifs is 1. The van der Waals surface area contributed by atoms with E-state index in [4.69, 9.17) is 17.0 Å². The molecule has 0 aliphatic carbocycles. The maximum absolute atomic E-state index is 14.6. The van der Waals surface area contributed by atoms with Crippen LogP contribution in [0.4, 0.5) is 10.1 Å². The Morgan fingerprint density at radius 3 is 2.50 bits per heavy atom. The van der Waals surface area contributed by atoms with E-state index in [1.807, 2.05) is 6.07 Å². The smallest absolute Gasteiger partial charge is 0.175 e. The lowest BCUT2D eigenvalue weighted by molar-refractivity contribution is 0.447. The number of hydrogen-bond acceptors (Lipinski definition) is 6. The third kappa shape index (κ3) is 4.72. The molecule has 0 radical (unpaired) electrons. The Labute approximate surface area is 194 Å². The first kappa shape index (κ1) is 22.1. The van der Waals surface area contributed by atoms with E-state index in [9.17, 15) is 12.8 Å². The van der Waals surface area contributed by atoms with Crippen molar-refractivity contribution in [2.45, 2.75) is 4.90 Å². The monoisotopic (exact) mass is 487 g/mol. The van der Waals surface area contributed by atoms with Gasteiger partial charge in [0.15, 0.2) is 26.5 Å². The predicted octanol–water partition coefficient (Wildman–Crippen LogP) is 5.21. The summed E-state index contributed by atoms with van der Waals surface area (Å²) in [5.41, 5.74) is 2.06. The van der Waals surface area contributed by atoms with E-state index in [1.54, 1.807) is 49.6 Å². The summed E-state index contributed by atoms with van der Waals surface area (Å²) in [5, 5.41) is 6.01. The molecule has 0 aliphatic heterocycles. The fraction of sp³-hybridized carbons (Fsp3) is 0.0909. The van der Waals surface area contributed by atoms with Gasteiger partial charge < -0.3 is 15.4 Å². The zero-order valence-electron chi connectivity index (χ0n) is 17.0. The summed E-state index contributed by atoms with van der Waals surface area (Å²) in [6.07, 6.45) is 2.77. The highest BCUT2D eigenvalue weighted by molar-refractivity contribution is 7.90. The van der Waals surface area contributed by atoms with Crippen molar-refractivity contribution in [2.24, 2.45) is 0 Å². The van der Waals surface area contributed by atoms with Crippen LogP contribution in [0.1, 0.15) is 0 Å². The lowest BCUT2D eigenvalue weighted by Crippen LogP contribution is -2.24. The molecule has 10 heteroatoms. The third-order valence-electron chi connectivity index (χ3n) is 4.58. The Kier molecular flexibility index (Phi) is 6.09. The molecule has 32 heavy (non-hydrogen) atoms. The maximum Gasteiger partial charge on any atom is 0.175 e. The van der Waals surface area contributed by atoms with Gasteiger partial charge in [-0.2, -0.15) is 0 Å². The number of thiocarbonyl (C=S) groups is 1. The third-order valence-corrected chi connectivity index (χ3v) is 7.20. The molecule has 0 aliphatic rings. The lowest BCUT2D eigenvalue weighted by atomic mass is 10.2. The predicted molar refractivity (Wildman–Crippen MR) is 130 cm³/mol. The number of nitrogens with zero attached hydrogens (tertiary/aromatic N) is 1. The largest absolute Gasteiger partial charge is 0.453 e. The number of ether oxygens (including phenoxy) is 1. The van der Waals surface area contributed by atoms with E-state index in [-0.39, 0.29) is 10.6 Å². The number of aromatic nitrogens is 1. The fourth-order valence-electron chi connectivity index (χ4n) is 2.98. The van der Waals surface area contributed by atoms with Crippen LogP contribution in [-0.2, 0) is 9.84 Å². The molecule has 4 aromatic rings. The van der Waals surface area contributed by atoms with Crippen molar-refractivity contribution in [3.8, 4) is 21.9 Å². The van der Waals surface area contributed by atoms with Gasteiger partial charge >= 0.3 is 0 Å². The number of anilines is 1. The first-order chi connectivity index (χ1) is 15.2. The van der Waals surface area contributed by atoms with Gasteiger partial charge in [0.2, 0.25) is 0 Å². The van der Waals surface area contributed by atoms with Crippen molar-refractivity contribution in [1.29, 1.82) is 0 Å². The van der Waals surface area contributed by atoms with Gasteiger partial charge in [0.05, 0.1) is 15.1 Å². The van der Waals surface area contributed by atoms with E-state index in [0.717, 1.165) is 15.1 Å². The number of hydrogen-bond donors (Lipinski definition) is 2. The van der Waals surface area contributed by atoms with Crippen molar-refractivity contribution in [2.75, 3.05) is 18.6 Å². The van der Waals surface area contributed by atoms with Crippen molar-refractivity contribution < 1.29 is 17.5 Å². The van der Waals surface area contributed by atoms with Gasteiger partial charge in [0.25, 0.3) is 0 Å². The number of halogens is 1. The molecule has 2 aromatic carbocycles. The van der Waals surface area contributed by atoms with Crippen LogP contribution < -0.4 is 15.4 Å². The van der Waals surface area contributed by atoms with E-state index in [2.05, 4.69) is 15.6 Å². The highest BCUT2D eigenvalue weighted by Gasteiger charge is 2.14. The van der Waals surface area contributed by atoms with Crippen LogP contribution in [0.15, 0.2) is 65.7 Å². The van der Waals surface area contributed by atoms with Gasteiger partial charge in [0.1, 0.15) is 5.75 Å². The van der Waals surface area contributed by atoms with E-state index in [1.165, 1.54) is 29.7 Å².